The maximum Gasteiger partial charge on any atom is 0.123 e. The molecule has 0 saturated carbocycles. The molecule has 1 aliphatic heterocycles. The fraction of sp³-hybridized carbons (Fsp3) is 0.600. The summed E-state index contributed by atoms with van der Waals surface area (Å²) in [6.07, 6.45) is 3.98. The Bertz CT molecular complexity index is 367. The van der Waals surface area contributed by atoms with Crippen molar-refractivity contribution in [2.24, 2.45) is 0 Å². The zero-order chi connectivity index (χ0) is 13.5. The summed E-state index contributed by atoms with van der Waals surface area (Å²) >= 11 is 1.81. The number of nitrogens with one attached hydrogen (secondary N) is 1. The molecule has 4 heteroatoms. The molecule has 0 aromatic heterocycles. The van der Waals surface area contributed by atoms with Crippen molar-refractivity contribution in [2.45, 2.75) is 30.2 Å². The van der Waals surface area contributed by atoms with E-state index in [1.165, 1.54) is 37.9 Å². The van der Waals surface area contributed by atoms with Crippen molar-refractivity contribution in [3.63, 3.8) is 0 Å². The van der Waals surface area contributed by atoms with E-state index in [0.717, 1.165) is 23.7 Å². The average molecular weight is 282 g/mol. The minimum atomic E-state index is -0.158. The molecule has 0 amide bonds. The minimum absolute atomic E-state index is 0.158. The summed E-state index contributed by atoms with van der Waals surface area (Å²) < 4.78 is 12.8. The Morgan fingerprint density at radius 2 is 2.11 bits per heavy atom. The van der Waals surface area contributed by atoms with Gasteiger partial charge >= 0.3 is 0 Å². The van der Waals surface area contributed by atoms with Crippen LogP contribution in [0.1, 0.15) is 19.3 Å². The highest BCUT2D eigenvalue weighted by Crippen LogP contribution is 2.21. The summed E-state index contributed by atoms with van der Waals surface area (Å²) in [7, 11) is 2.03. The number of piperidine rings is 1. The molecule has 1 unspecified atom stereocenters. The second-order valence-corrected chi connectivity index (χ2v) is 6.21. The lowest BCUT2D eigenvalue weighted by molar-refractivity contribution is 0.157. The second-order valence-electron chi connectivity index (χ2n) is 5.05. The number of benzene rings is 1. The largest absolute Gasteiger partial charge is 0.318 e. The third kappa shape index (κ3) is 4.79. The van der Waals surface area contributed by atoms with Crippen LogP contribution in [0.5, 0.6) is 0 Å². The number of rotatable bonds is 6. The quantitative estimate of drug-likeness (QED) is 0.808. The van der Waals surface area contributed by atoms with Gasteiger partial charge in [0.25, 0.3) is 0 Å². The van der Waals surface area contributed by atoms with Crippen molar-refractivity contribution in [2.75, 3.05) is 32.4 Å². The van der Waals surface area contributed by atoms with Crippen LogP contribution in [0.3, 0.4) is 0 Å². The SMILES string of the molecule is CNCC1CCCCN1CCSc1ccc(F)cc1. The number of halogens is 1. The number of hydrogen-bond donors (Lipinski definition) is 1. The molecule has 0 spiro atoms. The van der Waals surface area contributed by atoms with Crippen molar-refractivity contribution in [1.82, 2.24) is 10.2 Å². The van der Waals surface area contributed by atoms with Crippen LogP contribution in [-0.4, -0.2) is 43.4 Å². The Morgan fingerprint density at radius 3 is 2.84 bits per heavy atom. The Kier molecular flexibility index (Phi) is 6.14. The van der Waals surface area contributed by atoms with E-state index in [1.54, 1.807) is 0 Å². The fourth-order valence-corrected chi connectivity index (χ4v) is 3.52. The monoisotopic (exact) mass is 282 g/mol. The number of nitrogens with zero attached hydrogens (tertiary/aromatic N) is 1. The van der Waals surface area contributed by atoms with Crippen LogP contribution < -0.4 is 5.32 Å². The van der Waals surface area contributed by atoms with Crippen molar-refractivity contribution in [3.8, 4) is 0 Å². The third-order valence-electron chi connectivity index (χ3n) is 3.65. The van der Waals surface area contributed by atoms with Gasteiger partial charge in [-0.05, 0) is 50.7 Å². The summed E-state index contributed by atoms with van der Waals surface area (Å²) in [6, 6.07) is 7.48. The van der Waals surface area contributed by atoms with Crippen LogP contribution in [0.15, 0.2) is 29.2 Å². The van der Waals surface area contributed by atoms with Crippen LogP contribution >= 0.6 is 11.8 Å². The molecule has 1 atom stereocenters. The predicted molar refractivity (Wildman–Crippen MR) is 80.3 cm³/mol. The Labute approximate surface area is 119 Å². The van der Waals surface area contributed by atoms with Crippen molar-refractivity contribution in [1.29, 1.82) is 0 Å². The van der Waals surface area contributed by atoms with E-state index in [9.17, 15) is 4.39 Å². The molecule has 1 heterocycles. The smallest absolute Gasteiger partial charge is 0.123 e. The molecule has 0 aliphatic carbocycles. The molecule has 1 fully saturated rings. The van der Waals surface area contributed by atoms with Gasteiger partial charge in [-0.2, -0.15) is 0 Å². The molecule has 0 bridgehead atoms. The van der Waals surface area contributed by atoms with Gasteiger partial charge in [0.15, 0.2) is 0 Å². The van der Waals surface area contributed by atoms with Crippen molar-refractivity contribution < 1.29 is 4.39 Å². The van der Waals surface area contributed by atoms with E-state index in [0.29, 0.717) is 6.04 Å². The molecule has 1 aromatic rings. The van der Waals surface area contributed by atoms with Gasteiger partial charge in [0, 0.05) is 29.8 Å². The summed E-state index contributed by atoms with van der Waals surface area (Å²) in [4.78, 5) is 3.75. The van der Waals surface area contributed by atoms with Gasteiger partial charge in [0.1, 0.15) is 5.82 Å². The topological polar surface area (TPSA) is 15.3 Å². The Hall–Kier alpha value is -0.580. The summed E-state index contributed by atoms with van der Waals surface area (Å²) in [6.45, 7) is 3.42. The maximum atomic E-state index is 12.8. The lowest BCUT2D eigenvalue weighted by atomic mass is 10.0. The molecule has 106 valence electrons. The van der Waals surface area contributed by atoms with E-state index in [4.69, 9.17) is 0 Å². The normalized spacial score (nSPS) is 20.6. The van der Waals surface area contributed by atoms with Crippen LogP contribution in [0.4, 0.5) is 4.39 Å². The molecule has 2 nitrogen and oxygen atoms in total. The van der Waals surface area contributed by atoms with Crippen molar-refractivity contribution >= 4 is 11.8 Å². The summed E-state index contributed by atoms with van der Waals surface area (Å²) in [5.41, 5.74) is 0. The first kappa shape index (κ1) is 14.8. The standard InChI is InChI=1S/C15H23FN2S/c1-17-12-14-4-2-3-9-18(14)10-11-19-15-7-5-13(16)6-8-15/h5-8,14,17H,2-4,9-12H2,1H3. The molecular weight excluding hydrogens is 259 g/mol. The first-order chi connectivity index (χ1) is 9.29. The van der Waals surface area contributed by atoms with Gasteiger partial charge in [-0.1, -0.05) is 6.42 Å². The first-order valence-electron chi connectivity index (χ1n) is 7.06. The zero-order valence-electron chi connectivity index (χ0n) is 11.6. The lowest BCUT2D eigenvalue weighted by Gasteiger charge is -2.35. The van der Waals surface area contributed by atoms with Gasteiger partial charge in [-0.25, -0.2) is 4.39 Å². The van der Waals surface area contributed by atoms with Gasteiger partial charge in [-0.3, -0.25) is 4.90 Å². The third-order valence-corrected chi connectivity index (χ3v) is 4.64. The van der Waals surface area contributed by atoms with E-state index >= 15 is 0 Å². The lowest BCUT2D eigenvalue weighted by Crippen LogP contribution is -2.45. The zero-order valence-corrected chi connectivity index (χ0v) is 12.4. The van der Waals surface area contributed by atoms with Crippen LogP contribution in [-0.2, 0) is 0 Å². The highest BCUT2D eigenvalue weighted by atomic mass is 32.2. The fourth-order valence-electron chi connectivity index (χ4n) is 2.63. The van der Waals surface area contributed by atoms with E-state index in [2.05, 4.69) is 10.2 Å². The first-order valence-corrected chi connectivity index (χ1v) is 8.05. The maximum absolute atomic E-state index is 12.8. The van der Waals surface area contributed by atoms with E-state index < -0.39 is 0 Å². The molecule has 1 saturated heterocycles. The van der Waals surface area contributed by atoms with Gasteiger partial charge in [-0.15, -0.1) is 11.8 Å². The number of likely N-dealkylation sites (N-methyl/N-ethyl adjacent to an activating group) is 1. The van der Waals surface area contributed by atoms with Crippen LogP contribution in [0.25, 0.3) is 0 Å². The van der Waals surface area contributed by atoms with Gasteiger partial charge in [0.2, 0.25) is 0 Å². The molecule has 2 rings (SSSR count). The molecule has 1 aliphatic rings. The van der Waals surface area contributed by atoms with Gasteiger partial charge in [0.05, 0.1) is 0 Å². The molecule has 1 aromatic carbocycles. The molecule has 1 N–H and O–H groups in total. The predicted octanol–water partition coefficient (Wildman–Crippen LogP) is 2.99. The molecule has 19 heavy (non-hydrogen) atoms. The van der Waals surface area contributed by atoms with Gasteiger partial charge < -0.3 is 5.32 Å². The summed E-state index contributed by atoms with van der Waals surface area (Å²) in [5.74, 6) is 0.917. The van der Waals surface area contributed by atoms with E-state index in [-0.39, 0.29) is 5.82 Å². The Balaban J connectivity index is 1.75. The molecule has 0 radical (unpaired) electrons. The van der Waals surface area contributed by atoms with Crippen LogP contribution in [0.2, 0.25) is 0 Å². The summed E-state index contributed by atoms with van der Waals surface area (Å²) in [5, 5.41) is 3.29. The van der Waals surface area contributed by atoms with E-state index in [1.807, 2.05) is 30.9 Å². The van der Waals surface area contributed by atoms with Crippen molar-refractivity contribution in [3.05, 3.63) is 30.1 Å². The van der Waals surface area contributed by atoms with Crippen LogP contribution in [0, 0.1) is 5.82 Å². The highest BCUT2D eigenvalue weighted by Gasteiger charge is 2.20. The number of hydrogen-bond acceptors (Lipinski definition) is 3. The average Bonchev–Trinajstić information content (AvgIpc) is 2.43. The minimum Gasteiger partial charge on any atom is -0.318 e. The number of likely N-dealkylation sites (tertiary alicyclic amines) is 1. The second kappa shape index (κ2) is 7.88. The molecular formula is C15H23FN2S. The number of thioether (sulfide) groups is 1. The highest BCUT2D eigenvalue weighted by molar-refractivity contribution is 7.99. The Morgan fingerprint density at radius 1 is 1.32 bits per heavy atom.